The van der Waals surface area contributed by atoms with Gasteiger partial charge in [0.05, 0.1) is 6.61 Å². The molecule has 0 amide bonds. The molecule has 2 saturated heterocycles. The Kier molecular flexibility index (Phi) is 3.33. The summed E-state index contributed by atoms with van der Waals surface area (Å²) >= 11 is 0. The molecule has 0 aliphatic carbocycles. The number of hydrogen-bond donors (Lipinski definition) is 2. The van der Waals surface area contributed by atoms with Crippen LogP contribution in [0.1, 0.15) is 39.5 Å². The van der Waals surface area contributed by atoms with E-state index in [2.05, 4.69) is 24.5 Å². The monoisotopic (exact) mass is 212 g/mol. The predicted molar refractivity (Wildman–Crippen MR) is 62.1 cm³/mol. The molecule has 0 aromatic heterocycles. The SMILES string of the molecule is CC1(CNC2(C)CCOC2)CCCCN1. The van der Waals surface area contributed by atoms with Gasteiger partial charge in [-0.15, -0.1) is 0 Å². The first kappa shape index (κ1) is 11.4. The maximum Gasteiger partial charge on any atom is 0.0646 e. The van der Waals surface area contributed by atoms with Gasteiger partial charge < -0.3 is 15.4 Å². The van der Waals surface area contributed by atoms with E-state index in [1.54, 1.807) is 0 Å². The van der Waals surface area contributed by atoms with Gasteiger partial charge in [0.15, 0.2) is 0 Å². The summed E-state index contributed by atoms with van der Waals surface area (Å²) in [4.78, 5) is 0. The average Bonchev–Trinajstić information content (AvgIpc) is 2.65. The van der Waals surface area contributed by atoms with Gasteiger partial charge in [0.2, 0.25) is 0 Å². The van der Waals surface area contributed by atoms with E-state index in [1.165, 1.54) is 25.8 Å². The lowest BCUT2D eigenvalue weighted by atomic mass is 9.89. The summed E-state index contributed by atoms with van der Waals surface area (Å²) in [6, 6.07) is 0. The van der Waals surface area contributed by atoms with E-state index in [-0.39, 0.29) is 5.54 Å². The largest absolute Gasteiger partial charge is 0.379 e. The van der Waals surface area contributed by atoms with Gasteiger partial charge in [0.1, 0.15) is 0 Å². The van der Waals surface area contributed by atoms with Gasteiger partial charge in [-0.3, -0.25) is 0 Å². The van der Waals surface area contributed by atoms with Crippen molar-refractivity contribution in [2.75, 3.05) is 26.3 Å². The van der Waals surface area contributed by atoms with E-state index in [1.807, 2.05) is 0 Å². The van der Waals surface area contributed by atoms with Crippen LogP contribution in [0.25, 0.3) is 0 Å². The highest BCUT2D eigenvalue weighted by atomic mass is 16.5. The van der Waals surface area contributed by atoms with Crippen molar-refractivity contribution in [2.45, 2.75) is 50.6 Å². The van der Waals surface area contributed by atoms with E-state index < -0.39 is 0 Å². The number of ether oxygens (including phenoxy) is 1. The molecular weight excluding hydrogens is 188 g/mol. The zero-order valence-electron chi connectivity index (χ0n) is 10.1. The van der Waals surface area contributed by atoms with Gasteiger partial charge in [0, 0.05) is 24.2 Å². The van der Waals surface area contributed by atoms with Crippen LogP contribution in [0.2, 0.25) is 0 Å². The quantitative estimate of drug-likeness (QED) is 0.739. The number of nitrogens with one attached hydrogen (secondary N) is 2. The van der Waals surface area contributed by atoms with Gasteiger partial charge in [0.25, 0.3) is 0 Å². The lowest BCUT2D eigenvalue weighted by Gasteiger charge is -2.38. The van der Waals surface area contributed by atoms with Crippen LogP contribution in [0, 0.1) is 0 Å². The van der Waals surface area contributed by atoms with E-state index in [9.17, 15) is 0 Å². The molecule has 0 bridgehead atoms. The molecule has 2 fully saturated rings. The molecule has 0 aromatic carbocycles. The van der Waals surface area contributed by atoms with Crippen molar-refractivity contribution in [3.8, 4) is 0 Å². The van der Waals surface area contributed by atoms with E-state index in [0.29, 0.717) is 5.54 Å². The van der Waals surface area contributed by atoms with Crippen molar-refractivity contribution < 1.29 is 4.74 Å². The van der Waals surface area contributed by atoms with Crippen LogP contribution in [-0.4, -0.2) is 37.4 Å². The lowest BCUT2D eigenvalue weighted by Crippen LogP contribution is -2.57. The molecule has 0 aromatic rings. The molecule has 2 heterocycles. The summed E-state index contributed by atoms with van der Waals surface area (Å²) < 4.78 is 5.45. The second-order valence-corrected chi connectivity index (χ2v) is 5.66. The van der Waals surface area contributed by atoms with E-state index >= 15 is 0 Å². The first-order valence-corrected chi connectivity index (χ1v) is 6.20. The van der Waals surface area contributed by atoms with Gasteiger partial charge in [-0.05, 0) is 39.7 Å². The second-order valence-electron chi connectivity index (χ2n) is 5.66. The van der Waals surface area contributed by atoms with Crippen molar-refractivity contribution >= 4 is 0 Å². The van der Waals surface area contributed by atoms with Gasteiger partial charge >= 0.3 is 0 Å². The average molecular weight is 212 g/mol. The topological polar surface area (TPSA) is 33.3 Å². The van der Waals surface area contributed by atoms with Crippen molar-refractivity contribution in [3.63, 3.8) is 0 Å². The predicted octanol–water partition coefficient (Wildman–Crippen LogP) is 1.29. The molecule has 88 valence electrons. The Morgan fingerprint density at radius 3 is 2.73 bits per heavy atom. The zero-order valence-corrected chi connectivity index (χ0v) is 10.1. The van der Waals surface area contributed by atoms with Gasteiger partial charge in [-0.2, -0.15) is 0 Å². The summed E-state index contributed by atoms with van der Waals surface area (Å²) in [5, 5.41) is 7.31. The third-order valence-corrected chi connectivity index (χ3v) is 3.83. The van der Waals surface area contributed by atoms with Crippen LogP contribution >= 0.6 is 0 Å². The van der Waals surface area contributed by atoms with Crippen LogP contribution < -0.4 is 10.6 Å². The maximum atomic E-state index is 5.45. The van der Waals surface area contributed by atoms with Crippen molar-refractivity contribution in [1.82, 2.24) is 10.6 Å². The minimum Gasteiger partial charge on any atom is -0.379 e. The fraction of sp³-hybridized carbons (Fsp3) is 1.00. The smallest absolute Gasteiger partial charge is 0.0646 e. The molecular formula is C12H24N2O. The van der Waals surface area contributed by atoms with Crippen LogP contribution in [0.3, 0.4) is 0 Å². The van der Waals surface area contributed by atoms with Gasteiger partial charge in [-0.25, -0.2) is 0 Å². The Morgan fingerprint density at radius 2 is 2.13 bits per heavy atom. The number of rotatable bonds is 3. The van der Waals surface area contributed by atoms with Crippen molar-refractivity contribution in [2.24, 2.45) is 0 Å². The van der Waals surface area contributed by atoms with E-state index in [0.717, 1.165) is 26.2 Å². The maximum absolute atomic E-state index is 5.45. The third-order valence-electron chi connectivity index (χ3n) is 3.83. The molecule has 2 atom stereocenters. The van der Waals surface area contributed by atoms with E-state index in [4.69, 9.17) is 4.74 Å². The third kappa shape index (κ3) is 2.92. The second kappa shape index (κ2) is 4.40. The molecule has 0 spiro atoms. The Bertz CT molecular complexity index is 206. The van der Waals surface area contributed by atoms with Crippen LogP contribution in [0.4, 0.5) is 0 Å². The standard InChI is InChI=1S/C12H24N2O/c1-11(5-3-4-7-13-11)9-14-12(2)6-8-15-10-12/h13-14H,3-10H2,1-2H3. The van der Waals surface area contributed by atoms with Crippen molar-refractivity contribution in [1.29, 1.82) is 0 Å². The lowest BCUT2D eigenvalue weighted by molar-refractivity contribution is 0.163. The Hall–Kier alpha value is -0.120. The first-order chi connectivity index (χ1) is 7.12. The molecule has 2 unspecified atom stereocenters. The fourth-order valence-electron chi connectivity index (χ4n) is 2.48. The highest BCUT2D eigenvalue weighted by Gasteiger charge is 2.33. The molecule has 0 saturated carbocycles. The van der Waals surface area contributed by atoms with Gasteiger partial charge in [-0.1, -0.05) is 6.42 Å². The summed E-state index contributed by atoms with van der Waals surface area (Å²) in [6.45, 7) is 8.61. The molecule has 0 radical (unpaired) electrons. The summed E-state index contributed by atoms with van der Waals surface area (Å²) in [5.74, 6) is 0. The summed E-state index contributed by atoms with van der Waals surface area (Å²) in [6.07, 6.45) is 5.12. The highest BCUT2D eigenvalue weighted by Crippen LogP contribution is 2.21. The molecule has 2 aliphatic heterocycles. The number of hydrogen-bond acceptors (Lipinski definition) is 3. The molecule has 2 N–H and O–H groups in total. The Labute approximate surface area is 93.0 Å². The normalized spacial score (nSPS) is 42.0. The minimum absolute atomic E-state index is 0.210. The Balaban J connectivity index is 1.80. The molecule has 2 aliphatic rings. The molecule has 3 nitrogen and oxygen atoms in total. The summed E-state index contributed by atoms with van der Waals surface area (Å²) in [5.41, 5.74) is 0.506. The molecule has 15 heavy (non-hydrogen) atoms. The number of piperidine rings is 1. The first-order valence-electron chi connectivity index (χ1n) is 6.20. The van der Waals surface area contributed by atoms with Crippen LogP contribution in [0.15, 0.2) is 0 Å². The minimum atomic E-state index is 0.210. The Morgan fingerprint density at radius 1 is 1.27 bits per heavy atom. The molecule has 3 heteroatoms. The molecule has 2 rings (SSSR count). The summed E-state index contributed by atoms with van der Waals surface area (Å²) in [7, 11) is 0. The van der Waals surface area contributed by atoms with Crippen LogP contribution in [0.5, 0.6) is 0 Å². The fourth-order valence-corrected chi connectivity index (χ4v) is 2.48. The van der Waals surface area contributed by atoms with Crippen molar-refractivity contribution in [3.05, 3.63) is 0 Å². The van der Waals surface area contributed by atoms with Crippen LogP contribution in [-0.2, 0) is 4.74 Å². The highest BCUT2D eigenvalue weighted by molar-refractivity contribution is 4.94. The zero-order chi connectivity index (χ0) is 10.8.